The largest absolute Gasteiger partial charge is 0.393 e. The van der Waals surface area contributed by atoms with Gasteiger partial charge in [0, 0.05) is 12.8 Å². The van der Waals surface area contributed by atoms with Crippen LogP contribution in [0.15, 0.2) is 0 Å². The highest BCUT2D eigenvalue weighted by molar-refractivity contribution is 5.79. The summed E-state index contributed by atoms with van der Waals surface area (Å²) >= 11 is 0. The van der Waals surface area contributed by atoms with Crippen molar-refractivity contribution >= 4 is 5.78 Å². The minimum absolute atomic E-state index is 0.0838. The van der Waals surface area contributed by atoms with Gasteiger partial charge in [0.05, 0.1) is 6.10 Å². The molecule has 2 aliphatic rings. The first-order valence-electron chi connectivity index (χ1n) is 4.95. The minimum atomic E-state index is -0.0838. The molecule has 0 heterocycles. The lowest BCUT2D eigenvalue weighted by atomic mass is 9.70. The van der Waals surface area contributed by atoms with Gasteiger partial charge in [0.15, 0.2) is 0 Å². The Morgan fingerprint density at radius 1 is 1.17 bits per heavy atom. The first-order chi connectivity index (χ1) is 5.75. The highest BCUT2D eigenvalue weighted by atomic mass is 16.3. The fourth-order valence-corrected chi connectivity index (χ4v) is 2.67. The average Bonchev–Trinajstić information content (AvgIpc) is 2.05. The number of hydrogen-bond acceptors (Lipinski definition) is 2. The molecule has 0 radical (unpaired) electrons. The van der Waals surface area contributed by atoms with Gasteiger partial charge >= 0.3 is 0 Å². The molecule has 12 heavy (non-hydrogen) atoms. The molecule has 0 bridgehead atoms. The normalized spacial score (nSPS) is 42.4. The monoisotopic (exact) mass is 168 g/mol. The predicted octanol–water partition coefficient (Wildman–Crippen LogP) is 1.52. The summed E-state index contributed by atoms with van der Waals surface area (Å²) < 4.78 is 0. The van der Waals surface area contributed by atoms with Gasteiger partial charge in [-0.3, -0.25) is 4.79 Å². The van der Waals surface area contributed by atoms with Gasteiger partial charge in [-0.2, -0.15) is 0 Å². The predicted molar refractivity (Wildman–Crippen MR) is 45.7 cm³/mol. The molecule has 2 nitrogen and oxygen atoms in total. The van der Waals surface area contributed by atoms with Crippen LogP contribution in [0.1, 0.15) is 38.5 Å². The molecule has 2 aliphatic carbocycles. The summed E-state index contributed by atoms with van der Waals surface area (Å²) in [5, 5.41) is 9.43. The highest BCUT2D eigenvalue weighted by Crippen LogP contribution is 2.39. The first-order valence-corrected chi connectivity index (χ1v) is 4.95. The highest BCUT2D eigenvalue weighted by Gasteiger charge is 2.33. The van der Waals surface area contributed by atoms with E-state index in [0.717, 1.165) is 38.5 Å². The van der Waals surface area contributed by atoms with E-state index in [4.69, 9.17) is 0 Å². The van der Waals surface area contributed by atoms with Crippen LogP contribution in [0.2, 0.25) is 0 Å². The van der Waals surface area contributed by atoms with Crippen LogP contribution >= 0.6 is 0 Å². The number of carbonyl (C=O) groups is 1. The molecular formula is C10H16O2. The van der Waals surface area contributed by atoms with E-state index in [0.29, 0.717) is 17.6 Å². The Balaban J connectivity index is 1.98. The maximum Gasteiger partial charge on any atom is 0.133 e. The van der Waals surface area contributed by atoms with Crippen LogP contribution in [0.5, 0.6) is 0 Å². The van der Waals surface area contributed by atoms with Crippen molar-refractivity contribution in [2.45, 2.75) is 44.6 Å². The lowest BCUT2D eigenvalue weighted by molar-refractivity contribution is -0.124. The summed E-state index contributed by atoms with van der Waals surface area (Å²) in [6.45, 7) is 0. The number of Topliss-reactive ketones (excluding diaryl/α,β-unsaturated/α-hetero) is 1. The summed E-state index contributed by atoms with van der Waals surface area (Å²) in [6.07, 6.45) is 5.41. The van der Waals surface area contributed by atoms with Crippen LogP contribution in [0, 0.1) is 11.8 Å². The second kappa shape index (κ2) is 3.17. The van der Waals surface area contributed by atoms with Crippen molar-refractivity contribution in [2.24, 2.45) is 11.8 Å². The van der Waals surface area contributed by atoms with Crippen LogP contribution in [0.25, 0.3) is 0 Å². The Kier molecular flexibility index (Phi) is 2.18. The van der Waals surface area contributed by atoms with E-state index < -0.39 is 0 Å². The standard InChI is InChI=1S/C10H16O2/c11-9-3-1-7-5-10(12)4-2-8(7)6-9/h7-9,11H,1-6H2/t7?,8?,9-/m0/s1. The molecule has 2 unspecified atom stereocenters. The third kappa shape index (κ3) is 1.53. The molecule has 1 N–H and O–H groups in total. The zero-order valence-corrected chi connectivity index (χ0v) is 7.33. The van der Waals surface area contributed by atoms with E-state index in [9.17, 15) is 9.90 Å². The number of fused-ring (bicyclic) bond motifs is 1. The van der Waals surface area contributed by atoms with Gasteiger partial charge in [-0.25, -0.2) is 0 Å². The molecule has 0 aromatic rings. The van der Waals surface area contributed by atoms with Gasteiger partial charge < -0.3 is 5.11 Å². The van der Waals surface area contributed by atoms with Crippen molar-refractivity contribution in [2.75, 3.05) is 0 Å². The molecule has 2 rings (SSSR count). The summed E-state index contributed by atoms with van der Waals surface area (Å²) in [5.41, 5.74) is 0. The van der Waals surface area contributed by atoms with E-state index in [2.05, 4.69) is 0 Å². The van der Waals surface area contributed by atoms with E-state index >= 15 is 0 Å². The maximum absolute atomic E-state index is 11.1. The van der Waals surface area contributed by atoms with Crippen LogP contribution < -0.4 is 0 Å². The van der Waals surface area contributed by atoms with Gasteiger partial charge in [0.1, 0.15) is 5.78 Å². The molecule has 0 saturated heterocycles. The number of carbonyl (C=O) groups excluding carboxylic acids is 1. The second-order valence-electron chi connectivity index (χ2n) is 4.27. The summed E-state index contributed by atoms with van der Waals surface area (Å²) in [5.74, 6) is 1.69. The molecule has 0 amide bonds. The third-order valence-corrected chi connectivity index (χ3v) is 3.40. The lowest BCUT2D eigenvalue weighted by Gasteiger charge is -2.36. The molecule has 0 aromatic heterocycles. The van der Waals surface area contributed by atoms with E-state index in [1.165, 1.54) is 0 Å². The Bertz CT molecular complexity index is 188. The summed E-state index contributed by atoms with van der Waals surface area (Å²) in [4.78, 5) is 11.1. The molecule has 2 heteroatoms. The zero-order valence-electron chi connectivity index (χ0n) is 7.33. The van der Waals surface area contributed by atoms with Crippen molar-refractivity contribution in [3.05, 3.63) is 0 Å². The Morgan fingerprint density at radius 3 is 2.83 bits per heavy atom. The van der Waals surface area contributed by atoms with Crippen molar-refractivity contribution in [1.82, 2.24) is 0 Å². The van der Waals surface area contributed by atoms with Crippen molar-refractivity contribution < 1.29 is 9.90 Å². The van der Waals surface area contributed by atoms with Gasteiger partial charge in [-0.1, -0.05) is 0 Å². The van der Waals surface area contributed by atoms with Gasteiger partial charge in [0.2, 0.25) is 0 Å². The smallest absolute Gasteiger partial charge is 0.133 e. The third-order valence-electron chi connectivity index (χ3n) is 3.40. The SMILES string of the molecule is O=C1CCC2C[C@@H](O)CCC2C1. The summed E-state index contributed by atoms with van der Waals surface area (Å²) in [7, 11) is 0. The second-order valence-corrected chi connectivity index (χ2v) is 4.27. The van der Waals surface area contributed by atoms with Gasteiger partial charge in [-0.15, -0.1) is 0 Å². The first kappa shape index (κ1) is 8.24. The number of rotatable bonds is 0. The van der Waals surface area contributed by atoms with E-state index in [-0.39, 0.29) is 6.10 Å². The lowest BCUT2D eigenvalue weighted by Crippen LogP contribution is -2.33. The molecule has 2 fully saturated rings. The fourth-order valence-electron chi connectivity index (χ4n) is 2.67. The van der Waals surface area contributed by atoms with E-state index in [1.807, 2.05) is 0 Å². The molecule has 68 valence electrons. The number of ketones is 1. The fraction of sp³-hybridized carbons (Fsp3) is 0.900. The maximum atomic E-state index is 11.1. The van der Waals surface area contributed by atoms with Gasteiger partial charge in [0.25, 0.3) is 0 Å². The zero-order chi connectivity index (χ0) is 8.55. The Labute approximate surface area is 73.0 Å². The minimum Gasteiger partial charge on any atom is -0.393 e. The Morgan fingerprint density at radius 2 is 2.00 bits per heavy atom. The quantitative estimate of drug-likeness (QED) is 0.595. The average molecular weight is 168 g/mol. The van der Waals surface area contributed by atoms with Crippen molar-refractivity contribution in [3.8, 4) is 0 Å². The molecule has 3 atom stereocenters. The summed E-state index contributed by atoms with van der Waals surface area (Å²) in [6, 6.07) is 0. The molecule has 2 saturated carbocycles. The molecule has 0 aliphatic heterocycles. The van der Waals surface area contributed by atoms with Crippen molar-refractivity contribution in [1.29, 1.82) is 0 Å². The Hall–Kier alpha value is -0.370. The van der Waals surface area contributed by atoms with Crippen LogP contribution in [-0.4, -0.2) is 17.0 Å². The van der Waals surface area contributed by atoms with Crippen LogP contribution in [0.4, 0.5) is 0 Å². The van der Waals surface area contributed by atoms with Gasteiger partial charge in [-0.05, 0) is 37.5 Å². The van der Waals surface area contributed by atoms with Crippen molar-refractivity contribution in [3.63, 3.8) is 0 Å². The number of aliphatic hydroxyl groups is 1. The topological polar surface area (TPSA) is 37.3 Å². The number of aliphatic hydroxyl groups excluding tert-OH is 1. The molecular weight excluding hydrogens is 152 g/mol. The molecule has 0 spiro atoms. The van der Waals surface area contributed by atoms with Crippen LogP contribution in [-0.2, 0) is 4.79 Å². The van der Waals surface area contributed by atoms with Crippen LogP contribution in [0.3, 0.4) is 0 Å². The molecule has 0 aromatic carbocycles. The van der Waals surface area contributed by atoms with E-state index in [1.54, 1.807) is 0 Å². The number of hydrogen-bond donors (Lipinski definition) is 1.